The van der Waals surface area contributed by atoms with E-state index in [1.807, 2.05) is 6.08 Å². The van der Waals surface area contributed by atoms with Crippen molar-refractivity contribution in [3.05, 3.63) is 30.5 Å². The van der Waals surface area contributed by atoms with Crippen molar-refractivity contribution in [3.8, 4) is 0 Å². The van der Waals surface area contributed by atoms with E-state index in [2.05, 4.69) is 26.0 Å². The summed E-state index contributed by atoms with van der Waals surface area (Å²) in [6.07, 6.45) is 6.58. The van der Waals surface area contributed by atoms with Crippen molar-refractivity contribution >= 4 is 21.1 Å². The van der Waals surface area contributed by atoms with Crippen LogP contribution in [0.3, 0.4) is 0 Å². The number of fused-ring (bicyclic) bond motifs is 3. The molecule has 1 fully saturated rings. The van der Waals surface area contributed by atoms with Gasteiger partial charge in [0.1, 0.15) is 0 Å². The quantitative estimate of drug-likeness (QED) is 0.708. The van der Waals surface area contributed by atoms with Gasteiger partial charge in [-0.05, 0) is 30.4 Å². The summed E-state index contributed by atoms with van der Waals surface area (Å²) in [7, 11) is -3.77. The predicted octanol–water partition coefficient (Wildman–Crippen LogP) is 0.419. The number of aliphatic hydroxyl groups excluding tert-OH is 1. The Labute approximate surface area is 127 Å². The van der Waals surface area contributed by atoms with Gasteiger partial charge in [0.15, 0.2) is 5.65 Å². The van der Waals surface area contributed by atoms with Crippen LogP contribution in [0.25, 0.3) is 11.0 Å². The van der Waals surface area contributed by atoms with E-state index in [9.17, 15) is 13.5 Å². The second-order valence-electron chi connectivity index (χ2n) is 5.87. The maximum absolute atomic E-state index is 12.7. The third kappa shape index (κ3) is 1.98. The fourth-order valence-corrected chi connectivity index (χ4v) is 5.06. The molecule has 2 bridgehead atoms. The predicted molar refractivity (Wildman–Crippen MR) is 79.3 cm³/mol. The lowest BCUT2D eigenvalue weighted by Crippen LogP contribution is -2.44. The molecule has 4 rings (SSSR count). The van der Waals surface area contributed by atoms with Gasteiger partial charge < -0.3 is 5.11 Å². The number of nitrogens with one attached hydrogen (secondary N) is 2. The van der Waals surface area contributed by atoms with E-state index in [0.717, 1.165) is 6.42 Å². The first kappa shape index (κ1) is 13.9. The minimum atomic E-state index is -3.77. The second-order valence-corrected chi connectivity index (χ2v) is 7.50. The first-order valence-corrected chi connectivity index (χ1v) is 8.69. The SMILES string of the molecule is O=S(=O)(NC1C2C=CC(C2)C1CO)c1n[nH]c2ncccc12. The van der Waals surface area contributed by atoms with Crippen LogP contribution < -0.4 is 4.72 Å². The molecule has 0 radical (unpaired) electrons. The summed E-state index contributed by atoms with van der Waals surface area (Å²) in [5.41, 5.74) is 0.439. The molecule has 0 aromatic carbocycles. The highest BCUT2D eigenvalue weighted by Gasteiger charge is 2.46. The number of pyridine rings is 1. The number of rotatable bonds is 4. The normalized spacial score (nSPS) is 30.4. The number of allylic oxidation sites excluding steroid dienone is 1. The molecule has 22 heavy (non-hydrogen) atoms. The van der Waals surface area contributed by atoms with Crippen molar-refractivity contribution in [1.82, 2.24) is 19.9 Å². The van der Waals surface area contributed by atoms with Gasteiger partial charge in [0.2, 0.25) is 5.03 Å². The summed E-state index contributed by atoms with van der Waals surface area (Å²) in [4.78, 5) is 4.06. The number of sulfonamides is 1. The van der Waals surface area contributed by atoms with Crippen molar-refractivity contribution < 1.29 is 13.5 Å². The van der Waals surface area contributed by atoms with Crippen LogP contribution in [-0.4, -0.2) is 41.4 Å². The molecule has 2 aromatic heterocycles. The summed E-state index contributed by atoms with van der Waals surface area (Å²) in [5, 5.41) is 16.5. The van der Waals surface area contributed by atoms with Crippen molar-refractivity contribution in [3.63, 3.8) is 0 Å². The molecule has 2 aliphatic rings. The molecule has 0 saturated heterocycles. The van der Waals surface area contributed by atoms with Crippen molar-refractivity contribution in [2.24, 2.45) is 17.8 Å². The van der Waals surface area contributed by atoms with E-state index in [4.69, 9.17) is 0 Å². The highest BCUT2D eigenvalue weighted by Crippen LogP contribution is 2.44. The number of hydrogen-bond donors (Lipinski definition) is 3. The van der Waals surface area contributed by atoms with E-state index < -0.39 is 10.0 Å². The third-order valence-corrected chi connectivity index (χ3v) is 6.08. The van der Waals surface area contributed by atoms with Gasteiger partial charge in [-0.25, -0.2) is 18.1 Å². The average molecular weight is 320 g/mol. The lowest BCUT2D eigenvalue weighted by molar-refractivity contribution is 0.187. The van der Waals surface area contributed by atoms with Gasteiger partial charge in [0.05, 0.1) is 5.39 Å². The summed E-state index contributed by atoms with van der Waals surface area (Å²) in [5.74, 6) is 0.314. The molecule has 4 unspecified atom stereocenters. The molecule has 7 nitrogen and oxygen atoms in total. The molecule has 8 heteroatoms. The van der Waals surface area contributed by atoms with Crippen LogP contribution in [0, 0.1) is 17.8 Å². The van der Waals surface area contributed by atoms with Crippen LogP contribution in [0.15, 0.2) is 35.5 Å². The molecular weight excluding hydrogens is 304 g/mol. The average Bonchev–Trinajstić information content (AvgIpc) is 3.20. The van der Waals surface area contributed by atoms with Gasteiger partial charge in [-0.2, -0.15) is 5.10 Å². The fourth-order valence-electron chi connectivity index (χ4n) is 3.62. The maximum atomic E-state index is 12.7. The van der Waals surface area contributed by atoms with Crippen LogP contribution in [0.5, 0.6) is 0 Å². The minimum absolute atomic E-state index is 0.0262. The molecule has 2 aromatic rings. The Hall–Kier alpha value is -1.77. The summed E-state index contributed by atoms with van der Waals surface area (Å²) >= 11 is 0. The van der Waals surface area contributed by atoms with E-state index in [1.54, 1.807) is 18.3 Å². The van der Waals surface area contributed by atoms with E-state index in [-0.39, 0.29) is 35.4 Å². The molecule has 2 aliphatic carbocycles. The zero-order valence-corrected chi connectivity index (χ0v) is 12.5. The van der Waals surface area contributed by atoms with Gasteiger partial charge in [-0.15, -0.1) is 0 Å². The van der Waals surface area contributed by atoms with E-state index in [1.165, 1.54) is 0 Å². The third-order valence-electron chi connectivity index (χ3n) is 4.68. The number of hydrogen-bond acceptors (Lipinski definition) is 5. The highest BCUT2D eigenvalue weighted by atomic mass is 32.2. The van der Waals surface area contributed by atoms with Crippen molar-refractivity contribution in [2.45, 2.75) is 17.5 Å². The molecule has 0 aliphatic heterocycles. The van der Waals surface area contributed by atoms with Gasteiger partial charge >= 0.3 is 0 Å². The first-order valence-electron chi connectivity index (χ1n) is 7.21. The van der Waals surface area contributed by atoms with Gasteiger partial charge in [-0.1, -0.05) is 12.2 Å². The Morgan fingerprint density at radius 1 is 1.36 bits per heavy atom. The molecule has 116 valence electrons. The lowest BCUT2D eigenvalue weighted by atomic mass is 9.90. The molecule has 3 N–H and O–H groups in total. The highest BCUT2D eigenvalue weighted by molar-refractivity contribution is 7.89. The molecule has 1 saturated carbocycles. The van der Waals surface area contributed by atoms with Gasteiger partial charge in [0.25, 0.3) is 10.0 Å². The Morgan fingerprint density at radius 2 is 2.18 bits per heavy atom. The summed E-state index contributed by atoms with van der Waals surface area (Å²) < 4.78 is 28.1. The van der Waals surface area contributed by atoms with Crippen molar-refractivity contribution in [2.75, 3.05) is 6.61 Å². The monoisotopic (exact) mass is 320 g/mol. The fraction of sp³-hybridized carbons (Fsp3) is 0.429. The minimum Gasteiger partial charge on any atom is -0.396 e. The Morgan fingerprint density at radius 3 is 3.00 bits per heavy atom. The standard InChI is InChI=1S/C14H16N4O3S/c19-7-11-8-3-4-9(6-8)12(11)18-22(20,21)14-10-2-1-5-15-13(10)16-17-14/h1-5,8-9,11-12,18-19H,6-7H2,(H,15,16,17). The largest absolute Gasteiger partial charge is 0.396 e. The van der Waals surface area contributed by atoms with Crippen LogP contribution in [-0.2, 0) is 10.0 Å². The topological polar surface area (TPSA) is 108 Å². The summed E-state index contributed by atoms with van der Waals surface area (Å²) in [6, 6.07) is 3.06. The number of aromatic nitrogens is 3. The second kappa shape index (κ2) is 4.87. The van der Waals surface area contributed by atoms with Crippen LogP contribution in [0.1, 0.15) is 6.42 Å². The summed E-state index contributed by atoms with van der Waals surface area (Å²) in [6.45, 7) is -0.0262. The van der Waals surface area contributed by atoms with Crippen LogP contribution in [0.4, 0.5) is 0 Å². The Balaban J connectivity index is 1.69. The molecule has 4 atom stereocenters. The number of nitrogens with zero attached hydrogens (tertiary/aromatic N) is 2. The molecule has 0 amide bonds. The first-order chi connectivity index (χ1) is 10.6. The van der Waals surface area contributed by atoms with Gasteiger partial charge in [0, 0.05) is 24.8 Å². The van der Waals surface area contributed by atoms with Crippen LogP contribution >= 0.6 is 0 Å². The number of aliphatic hydroxyl groups is 1. The van der Waals surface area contributed by atoms with E-state index in [0.29, 0.717) is 11.0 Å². The molecular formula is C14H16N4O3S. The number of aromatic amines is 1. The maximum Gasteiger partial charge on any atom is 0.260 e. The zero-order valence-electron chi connectivity index (χ0n) is 11.7. The zero-order chi connectivity index (χ0) is 15.3. The Bertz CT molecular complexity index is 845. The smallest absolute Gasteiger partial charge is 0.260 e. The van der Waals surface area contributed by atoms with Crippen LogP contribution in [0.2, 0.25) is 0 Å². The molecule has 0 spiro atoms. The van der Waals surface area contributed by atoms with E-state index >= 15 is 0 Å². The Kier molecular flexibility index (Phi) is 3.07. The van der Waals surface area contributed by atoms with Crippen molar-refractivity contribution in [1.29, 1.82) is 0 Å². The lowest BCUT2D eigenvalue weighted by Gasteiger charge is -2.26. The number of H-pyrrole nitrogens is 1. The molecule has 2 heterocycles. The van der Waals surface area contributed by atoms with Gasteiger partial charge in [-0.3, -0.25) is 5.10 Å².